The number of nitrogens with zero attached hydrogens (tertiary/aromatic N) is 3. The molecule has 4 aromatic rings. The first-order valence-electron chi connectivity index (χ1n) is 10.2. The first-order chi connectivity index (χ1) is 15.6. The number of amides is 1. The zero-order valence-electron chi connectivity index (χ0n) is 17.7. The van der Waals surface area contributed by atoms with Gasteiger partial charge in [0.05, 0.1) is 11.3 Å². The maximum atomic E-state index is 13.2. The predicted octanol–water partition coefficient (Wildman–Crippen LogP) is 4.68. The molecule has 0 bridgehead atoms. The van der Waals surface area contributed by atoms with Crippen LogP contribution in [0.3, 0.4) is 0 Å². The van der Waals surface area contributed by atoms with Gasteiger partial charge < -0.3 is 10.1 Å². The third kappa shape index (κ3) is 4.85. The van der Waals surface area contributed by atoms with Gasteiger partial charge in [-0.1, -0.05) is 54.1 Å². The van der Waals surface area contributed by atoms with E-state index in [1.54, 1.807) is 16.9 Å². The number of aromatic nitrogens is 2. The molecule has 6 heteroatoms. The minimum atomic E-state index is -0.216. The van der Waals surface area contributed by atoms with Gasteiger partial charge in [-0.25, -0.2) is 4.68 Å². The number of carbonyl (C=O) groups is 1. The van der Waals surface area contributed by atoms with Crippen molar-refractivity contribution in [2.24, 2.45) is 0 Å². The molecule has 1 amide bonds. The molecule has 0 unspecified atom stereocenters. The van der Waals surface area contributed by atoms with Crippen molar-refractivity contribution in [1.29, 1.82) is 5.26 Å². The third-order valence-electron chi connectivity index (χ3n) is 4.93. The van der Waals surface area contributed by atoms with E-state index in [9.17, 15) is 4.79 Å². The van der Waals surface area contributed by atoms with Crippen molar-refractivity contribution in [2.75, 3.05) is 6.61 Å². The summed E-state index contributed by atoms with van der Waals surface area (Å²) < 4.78 is 7.07. The normalized spacial score (nSPS) is 10.4. The van der Waals surface area contributed by atoms with Crippen LogP contribution in [-0.2, 0) is 6.54 Å². The van der Waals surface area contributed by atoms with E-state index in [1.165, 1.54) is 0 Å². The van der Waals surface area contributed by atoms with Gasteiger partial charge in [0.1, 0.15) is 17.5 Å². The summed E-state index contributed by atoms with van der Waals surface area (Å²) >= 11 is 0. The van der Waals surface area contributed by atoms with Crippen LogP contribution in [0.15, 0.2) is 85.1 Å². The van der Waals surface area contributed by atoms with Gasteiger partial charge in [-0.2, -0.15) is 10.4 Å². The van der Waals surface area contributed by atoms with Crippen LogP contribution in [0.25, 0.3) is 16.9 Å². The zero-order valence-corrected chi connectivity index (χ0v) is 17.7. The second-order valence-corrected chi connectivity index (χ2v) is 7.32. The Balaban J connectivity index is 1.61. The molecule has 0 spiro atoms. The van der Waals surface area contributed by atoms with Gasteiger partial charge in [0.2, 0.25) is 0 Å². The molecule has 0 saturated carbocycles. The smallest absolute Gasteiger partial charge is 0.255 e. The Morgan fingerprint density at radius 1 is 1.06 bits per heavy atom. The fourth-order valence-electron chi connectivity index (χ4n) is 3.40. The van der Waals surface area contributed by atoms with Crippen molar-refractivity contribution in [1.82, 2.24) is 15.1 Å². The second kappa shape index (κ2) is 9.63. The molecule has 6 nitrogen and oxygen atoms in total. The Morgan fingerprint density at radius 3 is 2.66 bits per heavy atom. The zero-order chi connectivity index (χ0) is 22.3. The fraction of sp³-hybridized carbons (Fsp3) is 0.115. The molecule has 158 valence electrons. The van der Waals surface area contributed by atoms with Crippen molar-refractivity contribution in [2.45, 2.75) is 13.5 Å². The number of hydrogen-bond acceptors (Lipinski definition) is 4. The minimum Gasteiger partial charge on any atom is -0.479 e. The molecular formula is C26H22N4O2. The average Bonchev–Trinajstić information content (AvgIpc) is 3.28. The van der Waals surface area contributed by atoms with Gasteiger partial charge in [0, 0.05) is 18.3 Å². The average molecular weight is 422 g/mol. The van der Waals surface area contributed by atoms with Crippen LogP contribution in [0.4, 0.5) is 0 Å². The van der Waals surface area contributed by atoms with E-state index in [0.717, 1.165) is 22.4 Å². The van der Waals surface area contributed by atoms with Gasteiger partial charge in [-0.15, -0.1) is 0 Å². The van der Waals surface area contributed by atoms with Gasteiger partial charge in [-0.05, 0) is 42.8 Å². The fourth-order valence-corrected chi connectivity index (χ4v) is 3.40. The van der Waals surface area contributed by atoms with Crippen molar-refractivity contribution < 1.29 is 9.53 Å². The van der Waals surface area contributed by atoms with E-state index < -0.39 is 0 Å². The van der Waals surface area contributed by atoms with E-state index in [-0.39, 0.29) is 12.5 Å². The number of carbonyl (C=O) groups excluding carboxylic acids is 1. The Labute approximate surface area is 186 Å². The number of rotatable bonds is 7. The van der Waals surface area contributed by atoms with Crippen molar-refractivity contribution >= 4 is 5.91 Å². The number of ether oxygens (including phenoxy) is 1. The molecule has 3 aromatic carbocycles. The number of hydrogen-bond donors (Lipinski definition) is 1. The molecule has 0 aliphatic rings. The van der Waals surface area contributed by atoms with Crippen LogP contribution >= 0.6 is 0 Å². The minimum absolute atomic E-state index is 0.0195. The standard InChI is InChI=1S/C26H22N4O2/c1-19-7-5-9-21(15-19)25-24(18-30(29-25)22-10-3-2-4-11-22)26(31)28-17-20-8-6-12-23(16-20)32-14-13-27/h2-12,15-16,18H,14,17H2,1H3,(H,28,31). The number of aryl methyl sites for hydroxylation is 1. The number of benzene rings is 3. The molecule has 1 heterocycles. The predicted molar refractivity (Wildman–Crippen MR) is 122 cm³/mol. The summed E-state index contributed by atoms with van der Waals surface area (Å²) in [5.74, 6) is 0.377. The summed E-state index contributed by atoms with van der Waals surface area (Å²) in [5.41, 5.74) is 4.86. The summed E-state index contributed by atoms with van der Waals surface area (Å²) in [6.45, 7) is 2.32. The highest BCUT2D eigenvalue weighted by Gasteiger charge is 2.18. The van der Waals surface area contributed by atoms with E-state index in [0.29, 0.717) is 23.6 Å². The molecule has 1 aromatic heterocycles. The van der Waals surface area contributed by atoms with Crippen molar-refractivity contribution in [3.8, 4) is 28.8 Å². The van der Waals surface area contributed by atoms with E-state index in [4.69, 9.17) is 15.1 Å². The molecule has 0 saturated heterocycles. The van der Waals surface area contributed by atoms with Gasteiger partial charge >= 0.3 is 0 Å². The lowest BCUT2D eigenvalue weighted by Gasteiger charge is -2.08. The Morgan fingerprint density at radius 2 is 1.88 bits per heavy atom. The second-order valence-electron chi connectivity index (χ2n) is 7.32. The summed E-state index contributed by atoms with van der Waals surface area (Å²) in [5, 5.41) is 16.4. The maximum absolute atomic E-state index is 13.2. The lowest BCUT2D eigenvalue weighted by molar-refractivity contribution is 0.0951. The third-order valence-corrected chi connectivity index (χ3v) is 4.93. The van der Waals surface area contributed by atoms with E-state index >= 15 is 0 Å². The highest BCUT2D eigenvalue weighted by Crippen LogP contribution is 2.25. The Kier molecular flexibility index (Phi) is 6.28. The van der Waals surface area contributed by atoms with Crippen molar-refractivity contribution in [3.05, 3.63) is 102 Å². The largest absolute Gasteiger partial charge is 0.479 e. The molecule has 0 fully saturated rings. The van der Waals surface area contributed by atoms with Crippen LogP contribution in [0, 0.1) is 18.3 Å². The first-order valence-corrected chi connectivity index (χ1v) is 10.2. The monoisotopic (exact) mass is 422 g/mol. The molecule has 32 heavy (non-hydrogen) atoms. The molecule has 4 rings (SSSR count). The quantitative estimate of drug-likeness (QED) is 0.469. The lowest BCUT2D eigenvalue weighted by atomic mass is 10.1. The summed E-state index contributed by atoms with van der Waals surface area (Å²) in [7, 11) is 0. The molecule has 0 aliphatic heterocycles. The highest BCUT2D eigenvalue weighted by molar-refractivity contribution is 6.00. The number of para-hydroxylation sites is 1. The van der Waals surface area contributed by atoms with E-state index in [1.807, 2.05) is 85.8 Å². The maximum Gasteiger partial charge on any atom is 0.255 e. The van der Waals surface area contributed by atoms with Crippen LogP contribution in [0.5, 0.6) is 5.75 Å². The molecular weight excluding hydrogens is 400 g/mol. The number of nitrogens with one attached hydrogen (secondary N) is 1. The topological polar surface area (TPSA) is 79.9 Å². The summed E-state index contributed by atoms with van der Waals surface area (Å²) in [4.78, 5) is 13.2. The number of nitriles is 1. The van der Waals surface area contributed by atoms with Gasteiger partial charge in [0.15, 0.2) is 6.61 Å². The molecule has 0 atom stereocenters. The lowest BCUT2D eigenvalue weighted by Crippen LogP contribution is -2.23. The van der Waals surface area contributed by atoms with Crippen LogP contribution < -0.4 is 10.1 Å². The molecule has 0 radical (unpaired) electrons. The Hall–Kier alpha value is -4.37. The SMILES string of the molecule is Cc1cccc(-c2nn(-c3ccccc3)cc2C(=O)NCc2cccc(OCC#N)c2)c1. The molecule has 1 N–H and O–H groups in total. The summed E-state index contributed by atoms with van der Waals surface area (Å²) in [6.07, 6.45) is 1.76. The van der Waals surface area contributed by atoms with Gasteiger partial charge in [-0.3, -0.25) is 4.79 Å². The van der Waals surface area contributed by atoms with Gasteiger partial charge in [0.25, 0.3) is 5.91 Å². The van der Waals surface area contributed by atoms with Crippen LogP contribution in [-0.4, -0.2) is 22.3 Å². The summed E-state index contributed by atoms with van der Waals surface area (Å²) in [6, 6.07) is 26.9. The van der Waals surface area contributed by atoms with Crippen molar-refractivity contribution in [3.63, 3.8) is 0 Å². The molecule has 0 aliphatic carbocycles. The van der Waals surface area contributed by atoms with Crippen LogP contribution in [0.2, 0.25) is 0 Å². The highest BCUT2D eigenvalue weighted by atomic mass is 16.5. The Bertz CT molecular complexity index is 1270. The van der Waals surface area contributed by atoms with E-state index in [2.05, 4.69) is 5.32 Å². The first kappa shape index (κ1) is 20.9. The van der Waals surface area contributed by atoms with Crippen LogP contribution in [0.1, 0.15) is 21.5 Å².